The first-order valence-electron chi connectivity index (χ1n) is 14.1. The number of likely N-dealkylation sites (tertiary alicyclic amines) is 2. The molecule has 6 rings (SSSR count). The minimum absolute atomic E-state index is 0. The molecule has 1 unspecified atom stereocenters. The SMILES string of the molecule is COc1ccc(CN2CCC3(CCN(C[C@H]4CN(S(=O)(=O)C5CC5)CC4c4ccccc4)CC3)C2=O)cc1.Cl. The lowest BCUT2D eigenvalue weighted by molar-refractivity contribution is -0.139. The number of benzene rings is 2. The maximum absolute atomic E-state index is 13.5. The normalized spacial score (nSPS) is 25.7. The van der Waals surface area contributed by atoms with E-state index in [2.05, 4.69) is 29.2 Å². The van der Waals surface area contributed by atoms with Crippen LogP contribution in [0.15, 0.2) is 54.6 Å². The van der Waals surface area contributed by atoms with Gasteiger partial charge in [0, 0.05) is 38.6 Å². The van der Waals surface area contributed by atoms with Gasteiger partial charge >= 0.3 is 0 Å². The monoisotopic (exact) mass is 573 g/mol. The summed E-state index contributed by atoms with van der Waals surface area (Å²) in [6.45, 7) is 5.35. The molecule has 0 aromatic heterocycles. The van der Waals surface area contributed by atoms with Gasteiger partial charge in [0.1, 0.15) is 5.75 Å². The van der Waals surface area contributed by atoms with E-state index in [-0.39, 0.29) is 34.9 Å². The highest BCUT2D eigenvalue weighted by Crippen LogP contribution is 2.44. The number of nitrogens with zero attached hydrogens (tertiary/aromatic N) is 3. The Morgan fingerprint density at radius 1 is 0.923 bits per heavy atom. The first kappa shape index (κ1) is 28.4. The Balaban J connectivity index is 0.00000308. The van der Waals surface area contributed by atoms with Crippen molar-refractivity contribution in [2.75, 3.05) is 46.4 Å². The van der Waals surface area contributed by atoms with E-state index in [9.17, 15) is 13.2 Å². The smallest absolute Gasteiger partial charge is 0.229 e. The van der Waals surface area contributed by atoms with Crippen molar-refractivity contribution in [3.8, 4) is 5.75 Å². The Labute approximate surface area is 239 Å². The van der Waals surface area contributed by atoms with E-state index in [0.717, 1.165) is 69.6 Å². The molecule has 9 heteroatoms. The van der Waals surface area contributed by atoms with Crippen molar-refractivity contribution < 1.29 is 17.9 Å². The number of sulfonamides is 1. The summed E-state index contributed by atoms with van der Waals surface area (Å²) in [6, 6.07) is 18.4. The van der Waals surface area contributed by atoms with Crippen molar-refractivity contribution in [2.24, 2.45) is 11.3 Å². The maximum atomic E-state index is 13.5. The molecule has 4 aliphatic rings. The first-order chi connectivity index (χ1) is 18.4. The number of carbonyl (C=O) groups is 1. The molecule has 0 bridgehead atoms. The number of hydrogen-bond donors (Lipinski definition) is 0. The molecule has 2 aromatic carbocycles. The molecule has 1 spiro atoms. The topological polar surface area (TPSA) is 70.2 Å². The molecule has 1 aliphatic carbocycles. The molecule has 212 valence electrons. The number of hydrogen-bond acceptors (Lipinski definition) is 5. The summed E-state index contributed by atoms with van der Waals surface area (Å²) in [7, 11) is -1.52. The molecule has 2 atom stereocenters. The van der Waals surface area contributed by atoms with Crippen molar-refractivity contribution in [3.05, 3.63) is 65.7 Å². The third-order valence-corrected chi connectivity index (χ3v) is 11.7. The second-order valence-corrected chi connectivity index (χ2v) is 14.0. The average molecular weight is 574 g/mol. The van der Waals surface area contributed by atoms with Crippen LogP contribution in [0.4, 0.5) is 0 Å². The van der Waals surface area contributed by atoms with Gasteiger partial charge in [0.05, 0.1) is 17.8 Å². The predicted octanol–water partition coefficient (Wildman–Crippen LogP) is 4.14. The maximum Gasteiger partial charge on any atom is 0.229 e. The van der Waals surface area contributed by atoms with Gasteiger partial charge in [-0.05, 0) is 74.4 Å². The standard InChI is InChI=1S/C30H39N3O4S.ClH/c1-37-26-9-7-23(8-10-26)19-32-18-15-30(29(32)34)13-16-31(17-14-30)20-25-21-33(38(35,36)27-11-12-27)22-28(25)24-5-3-2-4-6-24;/h2-10,25,27-28H,11-22H2,1H3;1H/t25-,28?;/m0./s1. The zero-order chi connectivity index (χ0) is 26.3. The molecule has 3 aliphatic heterocycles. The lowest BCUT2D eigenvalue weighted by Crippen LogP contribution is -2.46. The quantitative estimate of drug-likeness (QED) is 0.475. The highest BCUT2D eigenvalue weighted by atomic mass is 35.5. The summed E-state index contributed by atoms with van der Waals surface area (Å²) in [5, 5.41) is -0.165. The fraction of sp³-hybridized carbons (Fsp3) is 0.567. The van der Waals surface area contributed by atoms with Crippen molar-refractivity contribution in [3.63, 3.8) is 0 Å². The highest BCUT2D eigenvalue weighted by molar-refractivity contribution is 7.90. The van der Waals surface area contributed by atoms with Crippen LogP contribution in [0.3, 0.4) is 0 Å². The number of amides is 1. The minimum Gasteiger partial charge on any atom is -0.497 e. The largest absolute Gasteiger partial charge is 0.497 e. The molecule has 3 saturated heterocycles. The Hall–Kier alpha value is -2.13. The van der Waals surface area contributed by atoms with Gasteiger partial charge in [-0.3, -0.25) is 4.79 Å². The Bertz CT molecular complexity index is 1240. The Morgan fingerprint density at radius 3 is 2.23 bits per heavy atom. The number of rotatable bonds is 8. The molecular weight excluding hydrogens is 534 g/mol. The summed E-state index contributed by atoms with van der Waals surface area (Å²) in [5.41, 5.74) is 2.13. The summed E-state index contributed by atoms with van der Waals surface area (Å²) in [4.78, 5) is 18.0. The summed E-state index contributed by atoms with van der Waals surface area (Å²) in [5.74, 6) is 1.62. The predicted molar refractivity (Wildman–Crippen MR) is 155 cm³/mol. The third kappa shape index (κ3) is 5.71. The van der Waals surface area contributed by atoms with Crippen LogP contribution in [-0.2, 0) is 21.4 Å². The summed E-state index contributed by atoms with van der Waals surface area (Å²) >= 11 is 0. The fourth-order valence-electron chi connectivity index (χ4n) is 6.83. The van der Waals surface area contributed by atoms with Gasteiger partial charge < -0.3 is 14.5 Å². The molecule has 39 heavy (non-hydrogen) atoms. The fourth-order valence-corrected chi connectivity index (χ4v) is 8.75. The van der Waals surface area contributed by atoms with E-state index in [1.54, 1.807) is 11.4 Å². The van der Waals surface area contributed by atoms with Crippen molar-refractivity contribution in [1.29, 1.82) is 0 Å². The van der Waals surface area contributed by atoms with E-state index >= 15 is 0 Å². The van der Waals surface area contributed by atoms with Crippen LogP contribution in [0, 0.1) is 11.3 Å². The third-order valence-electron chi connectivity index (χ3n) is 9.38. The van der Waals surface area contributed by atoms with Gasteiger partial charge in [-0.25, -0.2) is 12.7 Å². The zero-order valence-electron chi connectivity index (χ0n) is 22.7. The highest BCUT2D eigenvalue weighted by Gasteiger charge is 2.49. The summed E-state index contributed by atoms with van der Waals surface area (Å²) in [6.07, 6.45) is 4.31. The number of piperidine rings is 1. The molecule has 1 saturated carbocycles. The minimum atomic E-state index is -3.18. The summed E-state index contributed by atoms with van der Waals surface area (Å²) < 4.78 is 33.2. The van der Waals surface area contributed by atoms with Crippen LogP contribution in [0.25, 0.3) is 0 Å². The van der Waals surface area contributed by atoms with Gasteiger partial charge in [-0.2, -0.15) is 0 Å². The van der Waals surface area contributed by atoms with Gasteiger partial charge in [0.2, 0.25) is 15.9 Å². The van der Waals surface area contributed by atoms with Crippen molar-refractivity contribution in [1.82, 2.24) is 14.1 Å². The number of carbonyl (C=O) groups excluding carboxylic acids is 1. The Kier molecular flexibility index (Phi) is 8.30. The van der Waals surface area contributed by atoms with Gasteiger partial charge in [-0.1, -0.05) is 42.5 Å². The van der Waals surface area contributed by atoms with Crippen molar-refractivity contribution in [2.45, 2.75) is 49.8 Å². The molecule has 0 radical (unpaired) electrons. The molecule has 1 amide bonds. The van der Waals surface area contributed by atoms with Gasteiger partial charge in [0.15, 0.2) is 0 Å². The Morgan fingerprint density at radius 2 is 1.59 bits per heavy atom. The van der Waals surface area contributed by atoms with Crippen LogP contribution >= 0.6 is 12.4 Å². The van der Waals surface area contributed by atoms with E-state index in [1.165, 1.54) is 5.56 Å². The molecule has 7 nitrogen and oxygen atoms in total. The van der Waals surface area contributed by atoms with E-state index in [4.69, 9.17) is 4.74 Å². The van der Waals surface area contributed by atoms with Crippen LogP contribution < -0.4 is 4.74 Å². The molecule has 3 heterocycles. The van der Waals surface area contributed by atoms with Crippen LogP contribution in [0.5, 0.6) is 5.75 Å². The van der Waals surface area contributed by atoms with E-state index in [0.29, 0.717) is 25.5 Å². The van der Waals surface area contributed by atoms with Crippen LogP contribution in [0.1, 0.15) is 49.1 Å². The number of halogens is 1. The zero-order valence-corrected chi connectivity index (χ0v) is 24.3. The lowest BCUT2D eigenvalue weighted by Gasteiger charge is -2.39. The molecule has 4 fully saturated rings. The van der Waals surface area contributed by atoms with E-state index < -0.39 is 10.0 Å². The number of ether oxygens (including phenoxy) is 1. The molecule has 2 aromatic rings. The van der Waals surface area contributed by atoms with Crippen molar-refractivity contribution >= 4 is 28.3 Å². The average Bonchev–Trinajstić information content (AvgIpc) is 3.67. The second kappa shape index (κ2) is 11.4. The lowest BCUT2D eigenvalue weighted by atomic mass is 9.76. The van der Waals surface area contributed by atoms with Gasteiger partial charge in [-0.15, -0.1) is 12.4 Å². The van der Waals surface area contributed by atoms with Crippen LogP contribution in [0.2, 0.25) is 0 Å². The van der Waals surface area contributed by atoms with Crippen LogP contribution in [-0.4, -0.2) is 80.1 Å². The molecule has 0 N–H and O–H groups in total. The van der Waals surface area contributed by atoms with E-state index in [1.807, 2.05) is 35.2 Å². The first-order valence-corrected chi connectivity index (χ1v) is 15.6. The van der Waals surface area contributed by atoms with Gasteiger partial charge in [0.25, 0.3) is 0 Å². The second-order valence-electron chi connectivity index (χ2n) is 11.7. The molecular formula is C30H40ClN3O4S. The number of methoxy groups -OCH3 is 1.